The molecule has 11 heteroatoms. The van der Waals surface area contributed by atoms with Crippen LogP contribution in [0.25, 0.3) is 0 Å². The summed E-state index contributed by atoms with van der Waals surface area (Å²) in [6.45, 7) is 10.7. The Kier molecular flexibility index (Phi) is 9.73. The summed E-state index contributed by atoms with van der Waals surface area (Å²) in [5.41, 5.74) is -0.669. The van der Waals surface area contributed by atoms with E-state index >= 15 is 0 Å². The van der Waals surface area contributed by atoms with Crippen molar-refractivity contribution in [2.45, 2.75) is 69.4 Å². The van der Waals surface area contributed by atoms with Gasteiger partial charge in [-0.2, -0.15) is 0 Å². The monoisotopic (exact) mass is 583 g/mol. The lowest BCUT2D eigenvalue weighted by Crippen LogP contribution is -2.58. The molecule has 0 unspecified atom stereocenters. The Labute approximate surface area is 246 Å². The van der Waals surface area contributed by atoms with Gasteiger partial charge in [0, 0.05) is 18.7 Å². The zero-order valence-corrected chi connectivity index (χ0v) is 24.5. The number of nitrogens with zero attached hydrogens (tertiary/aromatic N) is 2. The summed E-state index contributed by atoms with van der Waals surface area (Å²) in [6.07, 6.45) is 3.73. The Hall–Kier alpha value is -3.70. The van der Waals surface area contributed by atoms with Crippen molar-refractivity contribution >= 4 is 29.4 Å². The first kappa shape index (κ1) is 31.2. The first-order valence-corrected chi connectivity index (χ1v) is 14.4. The fraction of sp³-hybridized carbons (Fsp3) is 0.548. The molecule has 1 aromatic carbocycles. The molecule has 3 heterocycles. The van der Waals surface area contributed by atoms with Gasteiger partial charge in [0.15, 0.2) is 0 Å². The lowest BCUT2D eigenvalue weighted by Gasteiger charge is -2.38. The number of rotatable bonds is 14. The van der Waals surface area contributed by atoms with Gasteiger partial charge in [0.1, 0.15) is 23.5 Å². The van der Waals surface area contributed by atoms with Gasteiger partial charge in [0.05, 0.1) is 44.2 Å². The minimum Gasteiger partial charge on any atom is -0.497 e. The molecule has 0 aromatic heterocycles. The maximum Gasteiger partial charge on any atom is 0.312 e. The Balaban J connectivity index is 1.61. The van der Waals surface area contributed by atoms with E-state index in [1.165, 1.54) is 9.80 Å². The van der Waals surface area contributed by atoms with E-state index in [1.807, 2.05) is 0 Å². The average Bonchev–Trinajstić information content (AvgIpc) is 3.64. The molecule has 3 aliphatic rings. The van der Waals surface area contributed by atoms with Crippen molar-refractivity contribution in [2.24, 2.45) is 11.8 Å². The molecule has 0 aliphatic carbocycles. The Morgan fingerprint density at radius 2 is 1.95 bits per heavy atom. The molecule has 42 heavy (non-hydrogen) atoms. The quantitative estimate of drug-likeness (QED) is 0.251. The minimum absolute atomic E-state index is 0.122. The number of allylic oxidation sites excluding steroid dienone is 1. The average molecular weight is 584 g/mol. The van der Waals surface area contributed by atoms with Crippen molar-refractivity contribution in [1.82, 2.24) is 10.2 Å². The second kappa shape index (κ2) is 13.1. The number of carbonyl (C=O) groups excluding carboxylic acids is 4. The molecule has 7 atom stereocenters. The zero-order chi connectivity index (χ0) is 30.6. The van der Waals surface area contributed by atoms with Crippen molar-refractivity contribution < 1.29 is 38.5 Å². The summed E-state index contributed by atoms with van der Waals surface area (Å²) in [4.78, 5) is 56.9. The Morgan fingerprint density at radius 3 is 2.57 bits per heavy atom. The van der Waals surface area contributed by atoms with Crippen LogP contribution in [-0.4, -0.2) is 90.4 Å². The summed E-state index contributed by atoms with van der Waals surface area (Å²) >= 11 is 0. The number of hydrogen-bond donors (Lipinski definition) is 2. The van der Waals surface area contributed by atoms with Crippen LogP contribution in [0.4, 0.5) is 5.69 Å². The predicted molar refractivity (Wildman–Crippen MR) is 155 cm³/mol. The zero-order valence-electron chi connectivity index (χ0n) is 24.5. The van der Waals surface area contributed by atoms with E-state index in [-0.39, 0.29) is 37.9 Å². The highest BCUT2D eigenvalue weighted by molar-refractivity contribution is 6.04. The third-order valence-electron chi connectivity index (χ3n) is 8.42. The number of aliphatic hydroxyl groups is 1. The molecule has 4 rings (SSSR count). The number of anilines is 1. The lowest BCUT2D eigenvalue weighted by atomic mass is 9.70. The standard InChI is InChI=1S/C31H41N3O8/c1-6-8-9-24(36)32-17-20(4)41-30(39)25-23-14-15-31(42-23)26(25)28(37)34(19(3)18-35)27(31)29(38)33(16-7-2)21-10-12-22(40-5)13-11-21/h6-7,10-13,19-20,23,25-27,35H,1-2,8-9,14-18H2,3-5H3,(H,32,36)/t19-,20-,23-,25+,26+,27-,31+/m1/s1. The predicted octanol–water partition coefficient (Wildman–Crippen LogP) is 1.98. The van der Waals surface area contributed by atoms with E-state index in [1.54, 1.807) is 57.4 Å². The van der Waals surface area contributed by atoms with Crippen LogP contribution < -0.4 is 15.0 Å². The molecular formula is C31H41N3O8. The largest absolute Gasteiger partial charge is 0.497 e. The maximum atomic E-state index is 14.4. The second-order valence-electron chi connectivity index (χ2n) is 11.1. The topological polar surface area (TPSA) is 135 Å². The van der Waals surface area contributed by atoms with Gasteiger partial charge < -0.3 is 34.4 Å². The van der Waals surface area contributed by atoms with Crippen LogP contribution in [0.2, 0.25) is 0 Å². The van der Waals surface area contributed by atoms with Gasteiger partial charge in [-0.05, 0) is 57.4 Å². The molecule has 2 N–H and O–H groups in total. The minimum atomic E-state index is -1.25. The summed E-state index contributed by atoms with van der Waals surface area (Å²) in [5, 5.41) is 12.8. The number of hydrogen-bond acceptors (Lipinski definition) is 8. The van der Waals surface area contributed by atoms with Crippen LogP contribution in [0.15, 0.2) is 49.6 Å². The van der Waals surface area contributed by atoms with Crippen molar-refractivity contribution in [3.8, 4) is 5.75 Å². The molecule has 3 amide bonds. The van der Waals surface area contributed by atoms with E-state index in [9.17, 15) is 24.3 Å². The molecule has 11 nitrogen and oxygen atoms in total. The van der Waals surface area contributed by atoms with Gasteiger partial charge >= 0.3 is 5.97 Å². The molecule has 3 fully saturated rings. The summed E-state index contributed by atoms with van der Waals surface area (Å²) < 4.78 is 17.4. The second-order valence-corrected chi connectivity index (χ2v) is 11.1. The van der Waals surface area contributed by atoms with E-state index in [0.717, 1.165) is 0 Å². The van der Waals surface area contributed by atoms with Gasteiger partial charge in [-0.1, -0.05) is 12.2 Å². The van der Waals surface area contributed by atoms with Gasteiger partial charge in [-0.15, -0.1) is 13.2 Å². The molecule has 1 aromatic rings. The summed E-state index contributed by atoms with van der Waals surface area (Å²) in [6, 6.07) is 5.20. The van der Waals surface area contributed by atoms with Crippen LogP contribution in [0.3, 0.4) is 0 Å². The highest BCUT2D eigenvalue weighted by atomic mass is 16.6. The van der Waals surface area contributed by atoms with Gasteiger partial charge in [-0.3, -0.25) is 19.2 Å². The van der Waals surface area contributed by atoms with Crippen molar-refractivity contribution in [3.05, 3.63) is 49.6 Å². The molecule has 3 aliphatic heterocycles. The van der Waals surface area contributed by atoms with Crippen LogP contribution in [0, 0.1) is 11.8 Å². The van der Waals surface area contributed by atoms with E-state index in [0.29, 0.717) is 30.7 Å². The number of benzene rings is 1. The van der Waals surface area contributed by atoms with Crippen LogP contribution >= 0.6 is 0 Å². The Morgan fingerprint density at radius 1 is 1.24 bits per heavy atom. The molecule has 0 radical (unpaired) electrons. The number of ether oxygens (including phenoxy) is 3. The number of carbonyl (C=O) groups is 4. The summed E-state index contributed by atoms with van der Waals surface area (Å²) in [7, 11) is 1.55. The van der Waals surface area contributed by atoms with Crippen LogP contribution in [-0.2, 0) is 28.7 Å². The Bertz CT molecular complexity index is 1200. The number of likely N-dealkylation sites (tertiary alicyclic amines) is 1. The van der Waals surface area contributed by atoms with Crippen molar-refractivity contribution in [2.75, 3.05) is 31.7 Å². The highest BCUT2D eigenvalue weighted by Crippen LogP contribution is 2.59. The molecule has 1 spiro atoms. The first-order valence-electron chi connectivity index (χ1n) is 14.4. The molecule has 3 saturated heterocycles. The van der Waals surface area contributed by atoms with E-state index < -0.39 is 53.6 Å². The van der Waals surface area contributed by atoms with Crippen molar-refractivity contribution in [3.63, 3.8) is 0 Å². The number of methoxy groups -OCH3 is 1. The van der Waals surface area contributed by atoms with Crippen LogP contribution in [0.5, 0.6) is 5.75 Å². The highest BCUT2D eigenvalue weighted by Gasteiger charge is 2.75. The van der Waals surface area contributed by atoms with Gasteiger partial charge in [0.2, 0.25) is 11.8 Å². The maximum absolute atomic E-state index is 14.4. The van der Waals surface area contributed by atoms with Crippen LogP contribution in [0.1, 0.15) is 39.5 Å². The van der Waals surface area contributed by atoms with Crippen molar-refractivity contribution in [1.29, 1.82) is 0 Å². The van der Waals surface area contributed by atoms with E-state index in [4.69, 9.17) is 14.2 Å². The SMILES string of the molecule is C=CCCC(=O)NC[C@@H](C)OC(=O)[C@@H]1[C@H]2C(=O)N([C@H](C)CO)[C@H](C(=O)N(CC=C)c3ccc(OC)cc3)[C@]23CC[C@H]1O3. The lowest BCUT2D eigenvalue weighted by molar-refractivity contribution is -0.159. The first-order chi connectivity index (χ1) is 20.1. The number of nitrogens with one attached hydrogen (secondary N) is 1. The van der Waals surface area contributed by atoms with Gasteiger partial charge in [0.25, 0.3) is 5.91 Å². The third kappa shape index (κ3) is 5.67. The summed E-state index contributed by atoms with van der Waals surface area (Å²) in [5.74, 6) is -2.82. The number of amides is 3. The van der Waals surface area contributed by atoms with E-state index in [2.05, 4.69) is 18.5 Å². The molecular weight excluding hydrogens is 542 g/mol. The number of fused-ring (bicyclic) bond motifs is 1. The third-order valence-corrected chi connectivity index (χ3v) is 8.42. The fourth-order valence-corrected chi connectivity index (χ4v) is 6.46. The molecule has 0 saturated carbocycles. The van der Waals surface area contributed by atoms with Gasteiger partial charge in [-0.25, -0.2) is 0 Å². The number of esters is 1. The molecule has 228 valence electrons. The smallest absolute Gasteiger partial charge is 0.312 e. The fourth-order valence-electron chi connectivity index (χ4n) is 6.46. The molecule has 2 bridgehead atoms. The normalized spacial score (nSPS) is 27.1. The number of aliphatic hydroxyl groups excluding tert-OH is 1.